The predicted molar refractivity (Wildman–Crippen MR) is 49.2 cm³/mol. The third kappa shape index (κ3) is 2.42. The van der Waals surface area contributed by atoms with Crippen LogP contribution in [0.25, 0.3) is 0 Å². The summed E-state index contributed by atoms with van der Waals surface area (Å²) in [5.41, 5.74) is -0.563. The Kier molecular flexibility index (Phi) is 3.35. The molecule has 0 radical (unpaired) electrons. The van der Waals surface area contributed by atoms with Gasteiger partial charge in [-0.1, -0.05) is 0 Å². The first kappa shape index (κ1) is 11.8. The van der Waals surface area contributed by atoms with Gasteiger partial charge >= 0.3 is 6.61 Å². The normalized spacial score (nSPS) is 9.94. The van der Waals surface area contributed by atoms with Crippen LogP contribution in [0.3, 0.4) is 0 Å². The van der Waals surface area contributed by atoms with Crippen molar-refractivity contribution < 1.29 is 18.4 Å². The number of nitro groups is 1. The van der Waals surface area contributed by atoms with Crippen LogP contribution >= 0.6 is 0 Å². The summed E-state index contributed by atoms with van der Waals surface area (Å²) in [5.74, 6) is -0.360. The minimum atomic E-state index is -3.09. The molecule has 1 aromatic carbocycles. The molecule has 0 bridgehead atoms. The average Bonchev–Trinajstić information content (AvgIpc) is 2.19. The van der Waals surface area contributed by atoms with E-state index in [1.54, 1.807) is 6.07 Å². The van der Waals surface area contributed by atoms with E-state index in [0.29, 0.717) is 0 Å². The van der Waals surface area contributed by atoms with E-state index < -0.39 is 17.2 Å². The molecule has 0 atom stereocenters. The van der Waals surface area contributed by atoms with Gasteiger partial charge in [0.2, 0.25) is 0 Å². The van der Waals surface area contributed by atoms with Crippen molar-refractivity contribution in [3.63, 3.8) is 0 Å². The van der Waals surface area contributed by atoms with Crippen molar-refractivity contribution >= 4 is 5.69 Å². The molecule has 0 aliphatic carbocycles. The highest BCUT2D eigenvalue weighted by Crippen LogP contribution is 2.30. The van der Waals surface area contributed by atoms with Crippen molar-refractivity contribution in [1.82, 2.24) is 0 Å². The first-order chi connectivity index (χ1) is 7.45. The second kappa shape index (κ2) is 4.53. The topological polar surface area (TPSA) is 76.2 Å². The molecule has 84 valence electrons. The van der Waals surface area contributed by atoms with Crippen molar-refractivity contribution in [2.24, 2.45) is 0 Å². The zero-order valence-corrected chi connectivity index (χ0v) is 8.11. The van der Waals surface area contributed by atoms with Gasteiger partial charge in [-0.25, -0.2) is 0 Å². The Bertz CT molecular complexity index is 469. The van der Waals surface area contributed by atoms with Crippen LogP contribution in [-0.2, 0) is 0 Å². The molecule has 0 amide bonds. The highest BCUT2D eigenvalue weighted by molar-refractivity contribution is 5.54. The maximum Gasteiger partial charge on any atom is 0.387 e. The van der Waals surface area contributed by atoms with Gasteiger partial charge in [-0.15, -0.1) is 0 Å². The molecular weight excluding hydrogens is 222 g/mol. The Morgan fingerprint density at radius 1 is 1.56 bits per heavy atom. The number of hydrogen-bond acceptors (Lipinski definition) is 4. The Morgan fingerprint density at radius 2 is 2.19 bits per heavy atom. The van der Waals surface area contributed by atoms with E-state index in [4.69, 9.17) is 5.26 Å². The molecule has 0 saturated heterocycles. The number of hydrogen-bond donors (Lipinski definition) is 0. The summed E-state index contributed by atoms with van der Waals surface area (Å²) >= 11 is 0. The van der Waals surface area contributed by atoms with Gasteiger partial charge in [-0.05, 0) is 13.0 Å². The van der Waals surface area contributed by atoms with Crippen molar-refractivity contribution in [2.45, 2.75) is 13.5 Å². The van der Waals surface area contributed by atoms with E-state index in [-0.39, 0.29) is 16.9 Å². The largest absolute Gasteiger partial charge is 0.434 e. The summed E-state index contributed by atoms with van der Waals surface area (Å²) < 4.78 is 28.1. The number of alkyl halides is 2. The highest BCUT2D eigenvalue weighted by atomic mass is 19.3. The molecule has 0 unspecified atom stereocenters. The maximum absolute atomic E-state index is 12.0. The molecule has 7 heteroatoms. The molecule has 1 rings (SSSR count). The van der Waals surface area contributed by atoms with Crippen molar-refractivity contribution in [1.29, 1.82) is 5.26 Å². The smallest absolute Gasteiger partial charge is 0.387 e. The van der Waals surface area contributed by atoms with Crippen LogP contribution in [0.5, 0.6) is 5.75 Å². The molecule has 0 aliphatic rings. The minimum absolute atomic E-state index is 0.0377. The molecule has 0 fully saturated rings. The second-order valence-electron chi connectivity index (χ2n) is 2.87. The van der Waals surface area contributed by atoms with E-state index in [1.807, 2.05) is 0 Å². The van der Waals surface area contributed by atoms with Crippen molar-refractivity contribution in [3.05, 3.63) is 33.4 Å². The molecular formula is C9H6F2N2O3. The van der Waals surface area contributed by atoms with Crippen LogP contribution < -0.4 is 4.74 Å². The maximum atomic E-state index is 12.0. The van der Waals surface area contributed by atoms with Gasteiger partial charge in [0.15, 0.2) is 0 Å². The molecule has 5 nitrogen and oxygen atoms in total. The average molecular weight is 228 g/mol. The number of nitrogens with zero attached hydrogens (tertiary/aromatic N) is 2. The number of nitriles is 1. The predicted octanol–water partition coefficient (Wildman–Crippen LogP) is 2.38. The van der Waals surface area contributed by atoms with Gasteiger partial charge in [0, 0.05) is 6.07 Å². The number of nitro benzene ring substituents is 1. The molecule has 16 heavy (non-hydrogen) atoms. The second-order valence-corrected chi connectivity index (χ2v) is 2.87. The molecule has 0 spiro atoms. The third-order valence-corrected chi connectivity index (χ3v) is 1.87. The summed E-state index contributed by atoms with van der Waals surface area (Å²) in [7, 11) is 0. The van der Waals surface area contributed by atoms with E-state index in [1.165, 1.54) is 6.92 Å². The summed E-state index contributed by atoms with van der Waals surface area (Å²) in [4.78, 5) is 9.83. The zero-order valence-electron chi connectivity index (χ0n) is 8.11. The Morgan fingerprint density at radius 3 is 2.62 bits per heavy atom. The molecule has 0 heterocycles. The minimum Gasteiger partial charge on any atom is -0.434 e. The van der Waals surface area contributed by atoms with Crippen LogP contribution in [0.4, 0.5) is 14.5 Å². The molecule has 0 aromatic heterocycles. The Hall–Kier alpha value is -2.23. The quantitative estimate of drug-likeness (QED) is 0.587. The molecule has 0 aliphatic heterocycles. The molecule has 0 saturated carbocycles. The van der Waals surface area contributed by atoms with Gasteiger partial charge in [0.25, 0.3) is 5.69 Å². The highest BCUT2D eigenvalue weighted by Gasteiger charge is 2.19. The van der Waals surface area contributed by atoms with E-state index in [2.05, 4.69) is 4.74 Å². The lowest BCUT2D eigenvalue weighted by Gasteiger charge is -2.08. The van der Waals surface area contributed by atoms with Gasteiger partial charge < -0.3 is 4.74 Å². The summed E-state index contributed by atoms with van der Waals surface area (Å²) in [6, 6.07) is 3.68. The fourth-order valence-corrected chi connectivity index (χ4v) is 1.15. The summed E-state index contributed by atoms with van der Waals surface area (Å²) in [6.45, 7) is -1.82. The van der Waals surface area contributed by atoms with Crippen LogP contribution in [0.2, 0.25) is 0 Å². The first-order valence-corrected chi connectivity index (χ1v) is 4.09. The lowest BCUT2D eigenvalue weighted by Crippen LogP contribution is -2.05. The fraction of sp³-hybridized carbons (Fsp3) is 0.222. The van der Waals surface area contributed by atoms with Gasteiger partial charge in [-0.3, -0.25) is 10.1 Å². The van der Waals surface area contributed by atoms with Crippen molar-refractivity contribution in [2.75, 3.05) is 0 Å². The standard InChI is InChI=1S/C9H6F2N2O3/c1-5-7(13(14)15)2-6(4-12)3-8(5)16-9(10)11/h2-3,9H,1H3. The lowest BCUT2D eigenvalue weighted by molar-refractivity contribution is -0.385. The Balaban J connectivity index is 3.32. The van der Waals surface area contributed by atoms with Crippen LogP contribution in [0, 0.1) is 28.4 Å². The number of ether oxygens (including phenoxy) is 1. The summed E-state index contributed by atoms with van der Waals surface area (Å²) in [5, 5.41) is 19.2. The van der Waals surface area contributed by atoms with Crippen LogP contribution in [-0.4, -0.2) is 11.5 Å². The number of rotatable bonds is 3. The SMILES string of the molecule is Cc1c(OC(F)F)cc(C#N)cc1[N+](=O)[O-]. The zero-order chi connectivity index (χ0) is 12.3. The third-order valence-electron chi connectivity index (χ3n) is 1.87. The number of benzene rings is 1. The lowest BCUT2D eigenvalue weighted by atomic mass is 10.1. The van der Waals surface area contributed by atoms with Crippen molar-refractivity contribution in [3.8, 4) is 11.8 Å². The number of halogens is 2. The van der Waals surface area contributed by atoms with Gasteiger partial charge in [0.1, 0.15) is 5.75 Å². The van der Waals surface area contributed by atoms with E-state index in [9.17, 15) is 18.9 Å². The van der Waals surface area contributed by atoms with E-state index >= 15 is 0 Å². The monoisotopic (exact) mass is 228 g/mol. The van der Waals surface area contributed by atoms with Crippen LogP contribution in [0.1, 0.15) is 11.1 Å². The first-order valence-electron chi connectivity index (χ1n) is 4.09. The molecule has 1 aromatic rings. The van der Waals surface area contributed by atoms with Crippen LogP contribution in [0.15, 0.2) is 12.1 Å². The summed E-state index contributed by atoms with van der Waals surface area (Å²) in [6.07, 6.45) is 0. The van der Waals surface area contributed by atoms with E-state index in [0.717, 1.165) is 12.1 Å². The Labute approximate surface area is 89.0 Å². The van der Waals surface area contributed by atoms with Gasteiger partial charge in [0.05, 0.1) is 22.1 Å². The molecule has 0 N–H and O–H groups in total. The van der Waals surface area contributed by atoms with Gasteiger partial charge in [-0.2, -0.15) is 14.0 Å². The fourth-order valence-electron chi connectivity index (χ4n) is 1.15.